The third-order valence-electron chi connectivity index (χ3n) is 1.98. The second kappa shape index (κ2) is 4.35. The standard InChI is InChI=1S/C11H15N3OS/c1-11(2,3)12-7-9-13-10(14-15-9)8-5-4-6-16-8/h4-6,12H,7H2,1-3H3. The molecule has 2 heterocycles. The van der Waals surface area contributed by atoms with Crippen molar-refractivity contribution in [1.29, 1.82) is 0 Å². The Morgan fingerprint density at radius 2 is 2.25 bits per heavy atom. The molecule has 0 amide bonds. The number of nitrogens with one attached hydrogen (secondary N) is 1. The van der Waals surface area contributed by atoms with Gasteiger partial charge in [0.1, 0.15) is 0 Å². The lowest BCUT2D eigenvalue weighted by atomic mass is 10.1. The van der Waals surface area contributed by atoms with Crippen LogP contribution in [0.15, 0.2) is 22.0 Å². The Morgan fingerprint density at radius 1 is 1.44 bits per heavy atom. The molecular weight excluding hydrogens is 222 g/mol. The Kier molecular flexibility index (Phi) is 3.07. The van der Waals surface area contributed by atoms with E-state index in [9.17, 15) is 0 Å². The third kappa shape index (κ3) is 2.90. The number of hydrogen-bond acceptors (Lipinski definition) is 5. The highest BCUT2D eigenvalue weighted by Gasteiger charge is 2.13. The summed E-state index contributed by atoms with van der Waals surface area (Å²) in [6, 6.07) is 3.96. The van der Waals surface area contributed by atoms with E-state index in [1.54, 1.807) is 11.3 Å². The van der Waals surface area contributed by atoms with Crippen LogP contribution in [0.4, 0.5) is 0 Å². The maximum atomic E-state index is 5.17. The van der Waals surface area contributed by atoms with Crippen molar-refractivity contribution in [3.05, 3.63) is 23.4 Å². The molecule has 0 aliphatic rings. The topological polar surface area (TPSA) is 51.0 Å². The molecule has 0 aliphatic heterocycles. The van der Waals surface area contributed by atoms with Crippen molar-refractivity contribution < 1.29 is 4.52 Å². The van der Waals surface area contributed by atoms with Gasteiger partial charge >= 0.3 is 0 Å². The molecule has 2 aromatic rings. The second-order valence-electron chi connectivity index (χ2n) is 4.59. The number of hydrogen-bond donors (Lipinski definition) is 1. The molecule has 0 spiro atoms. The fourth-order valence-corrected chi connectivity index (χ4v) is 1.82. The number of thiophene rings is 1. The smallest absolute Gasteiger partial charge is 0.240 e. The normalized spacial score (nSPS) is 11.9. The van der Waals surface area contributed by atoms with Crippen molar-refractivity contribution in [2.24, 2.45) is 0 Å². The van der Waals surface area contributed by atoms with E-state index in [1.165, 1.54) is 0 Å². The van der Waals surface area contributed by atoms with Crippen molar-refractivity contribution in [3.63, 3.8) is 0 Å². The van der Waals surface area contributed by atoms with Gasteiger partial charge in [0.15, 0.2) is 0 Å². The summed E-state index contributed by atoms with van der Waals surface area (Å²) in [4.78, 5) is 5.36. The Morgan fingerprint density at radius 3 is 2.88 bits per heavy atom. The van der Waals surface area contributed by atoms with Crippen LogP contribution in [0, 0.1) is 0 Å². The minimum atomic E-state index is 0.0531. The lowest BCUT2D eigenvalue weighted by Gasteiger charge is -2.18. The average molecular weight is 237 g/mol. The van der Waals surface area contributed by atoms with Gasteiger partial charge in [-0.2, -0.15) is 4.98 Å². The molecule has 5 heteroatoms. The van der Waals surface area contributed by atoms with Gasteiger partial charge in [-0.1, -0.05) is 11.2 Å². The number of nitrogens with zero attached hydrogens (tertiary/aromatic N) is 2. The highest BCUT2D eigenvalue weighted by atomic mass is 32.1. The molecule has 16 heavy (non-hydrogen) atoms. The molecular formula is C11H15N3OS. The van der Waals surface area contributed by atoms with Crippen molar-refractivity contribution in [2.45, 2.75) is 32.9 Å². The van der Waals surface area contributed by atoms with E-state index >= 15 is 0 Å². The third-order valence-corrected chi connectivity index (χ3v) is 2.85. The lowest BCUT2D eigenvalue weighted by molar-refractivity contribution is 0.336. The van der Waals surface area contributed by atoms with Crippen LogP contribution in [-0.4, -0.2) is 15.7 Å². The quantitative estimate of drug-likeness (QED) is 0.891. The van der Waals surface area contributed by atoms with Gasteiger partial charge in [0.2, 0.25) is 11.7 Å². The van der Waals surface area contributed by atoms with Gasteiger partial charge in [-0.3, -0.25) is 0 Å². The van der Waals surface area contributed by atoms with E-state index in [-0.39, 0.29) is 5.54 Å². The summed E-state index contributed by atoms with van der Waals surface area (Å²) in [6.07, 6.45) is 0. The Bertz CT molecular complexity index is 442. The van der Waals surface area contributed by atoms with Gasteiger partial charge in [-0.05, 0) is 32.2 Å². The zero-order chi connectivity index (χ0) is 11.6. The van der Waals surface area contributed by atoms with Gasteiger partial charge in [0, 0.05) is 5.54 Å². The summed E-state index contributed by atoms with van der Waals surface area (Å²) < 4.78 is 5.17. The second-order valence-corrected chi connectivity index (χ2v) is 5.54. The first-order valence-electron chi connectivity index (χ1n) is 5.16. The van der Waals surface area contributed by atoms with Crippen LogP contribution < -0.4 is 5.32 Å². The summed E-state index contributed by atoms with van der Waals surface area (Å²) in [7, 11) is 0. The van der Waals surface area contributed by atoms with Crippen molar-refractivity contribution in [3.8, 4) is 10.7 Å². The molecule has 0 aromatic carbocycles. The first-order chi connectivity index (χ1) is 7.54. The Balaban J connectivity index is 2.03. The van der Waals surface area contributed by atoms with E-state index in [0.717, 1.165) is 4.88 Å². The number of rotatable bonds is 3. The SMILES string of the molecule is CC(C)(C)NCc1nc(-c2cccs2)no1. The summed E-state index contributed by atoms with van der Waals surface area (Å²) in [6.45, 7) is 6.90. The molecule has 4 nitrogen and oxygen atoms in total. The molecule has 0 saturated heterocycles. The fourth-order valence-electron chi connectivity index (χ4n) is 1.17. The van der Waals surface area contributed by atoms with Gasteiger partial charge in [-0.15, -0.1) is 11.3 Å². The molecule has 0 fully saturated rings. The maximum absolute atomic E-state index is 5.17. The first kappa shape index (κ1) is 11.3. The largest absolute Gasteiger partial charge is 0.338 e. The fraction of sp³-hybridized carbons (Fsp3) is 0.455. The van der Waals surface area contributed by atoms with E-state index in [2.05, 4.69) is 36.2 Å². The predicted molar refractivity (Wildman–Crippen MR) is 64.2 cm³/mol. The van der Waals surface area contributed by atoms with E-state index < -0.39 is 0 Å². The monoisotopic (exact) mass is 237 g/mol. The molecule has 1 N–H and O–H groups in total. The van der Waals surface area contributed by atoms with Crippen LogP contribution >= 0.6 is 11.3 Å². The average Bonchev–Trinajstić information content (AvgIpc) is 2.84. The maximum Gasteiger partial charge on any atom is 0.240 e. The molecule has 86 valence electrons. The first-order valence-corrected chi connectivity index (χ1v) is 6.04. The summed E-state index contributed by atoms with van der Waals surface area (Å²) in [5.41, 5.74) is 0.0531. The van der Waals surface area contributed by atoms with Crippen molar-refractivity contribution in [2.75, 3.05) is 0 Å². The minimum absolute atomic E-state index is 0.0531. The molecule has 0 saturated carbocycles. The van der Waals surface area contributed by atoms with E-state index in [4.69, 9.17) is 4.52 Å². The molecule has 0 aliphatic carbocycles. The molecule has 0 unspecified atom stereocenters. The summed E-state index contributed by atoms with van der Waals surface area (Å²) in [5, 5.41) is 9.25. The predicted octanol–water partition coefficient (Wildman–Crippen LogP) is 2.69. The van der Waals surface area contributed by atoms with Gasteiger partial charge < -0.3 is 9.84 Å². The molecule has 0 atom stereocenters. The Labute approximate surface area is 98.7 Å². The van der Waals surface area contributed by atoms with Crippen molar-refractivity contribution >= 4 is 11.3 Å². The Hall–Kier alpha value is -1.20. The number of aromatic nitrogens is 2. The highest BCUT2D eigenvalue weighted by Crippen LogP contribution is 2.21. The van der Waals surface area contributed by atoms with Gasteiger partial charge in [0.25, 0.3) is 0 Å². The molecule has 2 aromatic heterocycles. The lowest BCUT2D eigenvalue weighted by Crippen LogP contribution is -2.35. The van der Waals surface area contributed by atoms with Gasteiger partial charge in [-0.25, -0.2) is 0 Å². The molecule has 0 bridgehead atoms. The van der Waals surface area contributed by atoms with Crippen LogP contribution in [0.2, 0.25) is 0 Å². The van der Waals surface area contributed by atoms with Crippen LogP contribution in [0.1, 0.15) is 26.7 Å². The van der Waals surface area contributed by atoms with Crippen LogP contribution in [0.5, 0.6) is 0 Å². The summed E-state index contributed by atoms with van der Waals surface area (Å²) >= 11 is 1.61. The molecule has 0 radical (unpaired) electrons. The van der Waals surface area contributed by atoms with Gasteiger partial charge in [0.05, 0.1) is 11.4 Å². The van der Waals surface area contributed by atoms with Crippen molar-refractivity contribution in [1.82, 2.24) is 15.5 Å². The van der Waals surface area contributed by atoms with Crippen LogP contribution in [-0.2, 0) is 6.54 Å². The summed E-state index contributed by atoms with van der Waals surface area (Å²) in [5.74, 6) is 1.29. The highest BCUT2D eigenvalue weighted by molar-refractivity contribution is 7.13. The van der Waals surface area contributed by atoms with E-state index in [0.29, 0.717) is 18.3 Å². The van der Waals surface area contributed by atoms with E-state index in [1.807, 2.05) is 17.5 Å². The minimum Gasteiger partial charge on any atom is -0.338 e. The van der Waals surface area contributed by atoms with Crippen LogP contribution in [0.25, 0.3) is 10.7 Å². The zero-order valence-corrected chi connectivity index (χ0v) is 10.5. The van der Waals surface area contributed by atoms with Crippen LogP contribution in [0.3, 0.4) is 0 Å². The molecule has 2 rings (SSSR count). The zero-order valence-electron chi connectivity index (χ0n) is 9.65.